The Kier molecular flexibility index (Phi) is 3.33. The number of hydrogen-bond donors (Lipinski definition) is 1. The molecule has 0 fully saturated rings. The summed E-state index contributed by atoms with van der Waals surface area (Å²) < 4.78 is 25.3. The van der Waals surface area contributed by atoms with E-state index in [2.05, 4.69) is 20.9 Å². The van der Waals surface area contributed by atoms with Crippen LogP contribution in [0.5, 0.6) is 0 Å². The minimum Gasteiger partial charge on any atom is -0.325 e. The predicted molar refractivity (Wildman–Crippen MR) is 49.5 cm³/mol. The van der Waals surface area contributed by atoms with Gasteiger partial charge in [0, 0.05) is 22.8 Å². The van der Waals surface area contributed by atoms with Gasteiger partial charge < -0.3 is 5.73 Å². The number of aromatic nitrogens is 1. The van der Waals surface area contributed by atoms with Crippen LogP contribution in [0.25, 0.3) is 0 Å². The van der Waals surface area contributed by atoms with Crippen molar-refractivity contribution in [2.24, 2.45) is 5.73 Å². The Balaban J connectivity index is 3.30. The van der Waals surface area contributed by atoms with Crippen LogP contribution < -0.4 is 5.73 Å². The molecule has 2 N–H and O–H groups in total. The van der Waals surface area contributed by atoms with E-state index in [0.29, 0.717) is 15.7 Å². The topological polar surface area (TPSA) is 38.9 Å². The van der Waals surface area contributed by atoms with Gasteiger partial charge in [0.25, 0.3) is 6.43 Å². The van der Waals surface area contributed by atoms with Crippen molar-refractivity contribution < 1.29 is 8.78 Å². The predicted octanol–water partition coefficient (Wildman–Crippen LogP) is 2.55. The molecule has 1 aromatic rings. The Hall–Kier alpha value is -0.550. The molecular weight excluding hydrogens is 242 g/mol. The van der Waals surface area contributed by atoms with Gasteiger partial charge in [0.1, 0.15) is 0 Å². The summed E-state index contributed by atoms with van der Waals surface area (Å²) in [5.74, 6) is 0. The van der Waals surface area contributed by atoms with Crippen LogP contribution in [0.1, 0.15) is 23.2 Å². The standard InChI is InChI=1S/C8H9BrF2N2/c1-4-3-13-5(2-12)7(9)6(4)8(10)11/h3,8H,2,12H2,1H3. The van der Waals surface area contributed by atoms with Gasteiger partial charge in [0.15, 0.2) is 0 Å². The molecule has 0 aliphatic carbocycles. The molecule has 5 heteroatoms. The monoisotopic (exact) mass is 250 g/mol. The highest BCUT2D eigenvalue weighted by atomic mass is 79.9. The van der Waals surface area contributed by atoms with E-state index in [1.54, 1.807) is 6.92 Å². The molecule has 0 aliphatic rings. The summed E-state index contributed by atoms with van der Waals surface area (Å²) in [4.78, 5) is 3.93. The van der Waals surface area contributed by atoms with E-state index < -0.39 is 6.43 Å². The third kappa shape index (κ3) is 2.03. The first-order valence-electron chi connectivity index (χ1n) is 3.70. The van der Waals surface area contributed by atoms with E-state index in [1.807, 2.05) is 0 Å². The highest BCUT2D eigenvalue weighted by Gasteiger charge is 2.17. The van der Waals surface area contributed by atoms with Gasteiger partial charge in [-0.05, 0) is 28.4 Å². The average Bonchev–Trinajstić information content (AvgIpc) is 2.04. The van der Waals surface area contributed by atoms with Crippen molar-refractivity contribution in [2.45, 2.75) is 19.9 Å². The zero-order valence-corrected chi connectivity index (χ0v) is 8.61. The average molecular weight is 251 g/mol. The van der Waals surface area contributed by atoms with Crippen molar-refractivity contribution in [2.75, 3.05) is 0 Å². The summed E-state index contributed by atoms with van der Waals surface area (Å²) in [6.45, 7) is 1.75. The minimum atomic E-state index is -2.50. The van der Waals surface area contributed by atoms with E-state index in [-0.39, 0.29) is 12.1 Å². The van der Waals surface area contributed by atoms with E-state index in [9.17, 15) is 8.78 Å². The third-order valence-corrected chi connectivity index (χ3v) is 2.63. The van der Waals surface area contributed by atoms with Gasteiger partial charge in [-0.3, -0.25) is 4.98 Å². The number of hydrogen-bond acceptors (Lipinski definition) is 2. The molecule has 0 radical (unpaired) electrons. The fourth-order valence-electron chi connectivity index (χ4n) is 1.04. The number of nitrogens with zero attached hydrogens (tertiary/aromatic N) is 1. The molecule has 0 unspecified atom stereocenters. The van der Waals surface area contributed by atoms with Gasteiger partial charge in [-0.15, -0.1) is 0 Å². The normalized spacial score (nSPS) is 10.9. The number of rotatable bonds is 2. The van der Waals surface area contributed by atoms with Gasteiger partial charge >= 0.3 is 0 Å². The second-order valence-corrected chi connectivity index (χ2v) is 3.41. The van der Waals surface area contributed by atoms with Crippen molar-refractivity contribution in [3.8, 4) is 0 Å². The molecule has 1 heterocycles. The largest absolute Gasteiger partial charge is 0.325 e. The first-order chi connectivity index (χ1) is 6.07. The Morgan fingerprint density at radius 1 is 1.62 bits per heavy atom. The number of aryl methyl sites for hydroxylation is 1. The van der Waals surface area contributed by atoms with Gasteiger partial charge in [0.05, 0.1) is 5.69 Å². The summed E-state index contributed by atoms with van der Waals surface area (Å²) in [7, 11) is 0. The highest BCUT2D eigenvalue weighted by Crippen LogP contribution is 2.31. The van der Waals surface area contributed by atoms with Crippen molar-refractivity contribution >= 4 is 15.9 Å². The summed E-state index contributed by atoms with van der Waals surface area (Å²) in [6, 6.07) is 0. The zero-order chi connectivity index (χ0) is 10.0. The molecule has 2 nitrogen and oxygen atoms in total. The van der Waals surface area contributed by atoms with E-state index in [4.69, 9.17) is 5.73 Å². The Morgan fingerprint density at radius 3 is 2.69 bits per heavy atom. The minimum absolute atomic E-state index is 0.0181. The maximum atomic E-state index is 12.5. The molecule has 0 aliphatic heterocycles. The molecule has 0 saturated heterocycles. The quantitative estimate of drug-likeness (QED) is 0.877. The van der Waals surface area contributed by atoms with Gasteiger partial charge in [-0.1, -0.05) is 0 Å². The zero-order valence-electron chi connectivity index (χ0n) is 7.02. The van der Waals surface area contributed by atoms with Crippen molar-refractivity contribution in [1.82, 2.24) is 4.98 Å². The molecular formula is C8H9BrF2N2. The number of pyridine rings is 1. The van der Waals surface area contributed by atoms with E-state index in [1.165, 1.54) is 6.20 Å². The van der Waals surface area contributed by atoms with E-state index >= 15 is 0 Å². The lowest BCUT2D eigenvalue weighted by Gasteiger charge is -2.09. The summed E-state index contributed by atoms with van der Waals surface area (Å²) in [5.41, 5.74) is 6.24. The van der Waals surface area contributed by atoms with Crippen molar-refractivity contribution in [3.05, 3.63) is 27.5 Å². The van der Waals surface area contributed by atoms with Crippen LogP contribution >= 0.6 is 15.9 Å². The fraction of sp³-hybridized carbons (Fsp3) is 0.375. The number of alkyl halides is 2. The first-order valence-corrected chi connectivity index (χ1v) is 4.49. The lowest BCUT2D eigenvalue weighted by molar-refractivity contribution is 0.149. The Labute approximate surface area is 83.3 Å². The summed E-state index contributed by atoms with van der Waals surface area (Å²) in [6.07, 6.45) is -1.09. The molecule has 1 aromatic heterocycles. The second-order valence-electron chi connectivity index (χ2n) is 2.62. The highest BCUT2D eigenvalue weighted by molar-refractivity contribution is 9.10. The Bertz CT molecular complexity index is 315. The van der Waals surface area contributed by atoms with Crippen molar-refractivity contribution in [3.63, 3.8) is 0 Å². The van der Waals surface area contributed by atoms with Crippen LogP contribution in [0, 0.1) is 6.92 Å². The van der Waals surface area contributed by atoms with Crippen LogP contribution in [0.4, 0.5) is 8.78 Å². The maximum absolute atomic E-state index is 12.5. The molecule has 1 rings (SSSR count). The van der Waals surface area contributed by atoms with Gasteiger partial charge in [-0.2, -0.15) is 0 Å². The fourth-order valence-corrected chi connectivity index (χ4v) is 1.79. The third-order valence-electron chi connectivity index (χ3n) is 1.74. The SMILES string of the molecule is Cc1cnc(CN)c(Br)c1C(F)F. The van der Waals surface area contributed by atoms with Gasteiger partial charge in [-0.25, -0.2) is 8.78 Å². The molecule has 0 bridgehead atoms. The summed E-state index contributed by atoms with van der Waals surface area (Å²) >= 11 is 3.07. The van der Waals surface area contributed by atoms with Crippen LogP contribution in [0.15, 0.2) is 10.7 Å². The molecule has 13 heavy (non-hydrogen) atoms. The van der Waals surface area contributed by atoms with Crippen LogP contribution in [0.3, 0.4) is 0 Å². The summed E-state index contributed by atoms with van der Waals surface area (Å²) in [5, 5.41) is 0. The lowest BCUT2D eigenvalue weighted by Crippen LogP contribution is -2.04. The van der Waals surface area contributed by atoms with Crippen molar-refractivity contribution in [1.29, 1.82) is 0 Å². The first kappa shape index (κ1) is 10.5. The Morgan fingerprint density at radius 2 is 2.23 bits per heavy atom. The smallest absolute Gasteiger partial charge is 0.265 e. The molecule has 0 amide bonds. The molecule has 72 valence electrons. The van der Waals surface area contributed by atoms with Crippen LogP contribution in [-0.4, -0.2) is 4.98 Å². The number of halogens is 3. The van der Waals surface area contributed by atoms with Crippen LogP contribution in [0.2, 0.25) is 0 Å². The molecule has 0 aromatic carbocycles. The van der Waals surface area contributed by atoms with Crippen LogP contribution in [-0.2, 0) is 6.54 Å². The van der Waals surface area contributed by atoms with E-state index in [0.717, 1.165) is 0 Å². The number of nitrogens with two attached hydrogens (primary N) is 1. The molecule has 0 saturated carbocycles. The van der Waals surface area contributed by atoms with Gasteiger partial charge in [0.2, 0.25) is 0 Å². The lowest BCUT2D eigenvalue weighted by atomic mass is 10.1. The second kappa shape index (κ2) is 4.11. The molecule has 0 atom stereocenters. The maximum Gasteiger partial charge on any atom is 0.265 e. The molecule has 0 spiro atoms.